The third-order valence-corrected chi connectivity index (χ3v) is 4.92. The highest BCUT2D eigenvalue weighted by molar-refractivity contribution is 5.91. The molecular weight excluding hydrogens is 320 g/mol. The Morgan fingerprint density at radius 3 is 3.04 bits per heavy atom. The van der Waals surface area contributed by atoms with Crippen molar-refractivity contribution < 1.29 is 18.7 Å². The van der Waals surface area contributed by atoms with Gasteiger partial charge in [0.2, 0.25) is 0 Å². The Kier molecular flexibility index (Phi) is 4.81. The van der Waals surface area contributed by atoms with Crippen molar-refractivity contribution in [3.63, 3.8) is 0 Å². The van der Waals surface area contributed by atoms with E-state index in [-0.39, 0.29) is 24.2 Å². The predicted octanol–water partition coefficient (Wildman–Crippen LogP) is 2.65. The van der Waals surface area contributed by atoms with Crippen molar-refractivity contribution in [2.45, 2.75) is 44.1 Å². The van der Waals surface area contributed by atoms with Crippen molar-refractivity contribution in [1.82, 2.24) is 9.88 Å². The maximum absolute atomic E-state index is 12.5. The molecule has 0 saturated carbocycles. The van der Waals surface area contributed by atoms with E-state index >= 15 is 0 Å². The Bertz CT molecular complexity index is 689. The van der Waals surface area contributed by atoms with Gasteiger partial charge in [-0.2, -0.15) is 0 Å². The number of aromatic nitrogens is 1. The second-order valence-corrected chi connectivity index (χ2v) is 6.58. The van der Waals surface area contributed by atoms with Gasteiger partial charge in [0, 0.05) is 18.9 Å². The number of hydrogen-bond donors (Lipinski definition) is 0. The number of hydrogen-bond acceptors (Lipinski definition) is 5. The number of nitrogens with zero attached hydrogens (tertiary/aromatic N) is 2. The van der Waals surface area contributed by atoms with E-state index in [0.29, 0.717) is 19.0 Å². The largest absolute Gasteiger partial charge is 0.459 e. The minimum Gasteiger partial charge on any atom is -0.459 e. The average molecular weight is 342 g/mol. The number of rotatable bonds is 5. The Morgan fingerprint density at radius 1 is 1.28 bits per heavy atom. The number of likely N-dealkylation sites (tertiary alicyclic amines) is 1. The van der Waals surface area contributed by atoms with Crippen molar-refractivity contribution in [3.8, 4) is 0 Å². The highest BCUT2D eigenvalue weighted by Crippen LogP contribution is 2.32. The zero-order valence-corrected chi connectivity index (χ0v) is 14.0. The first-order valence-electron chi connectivity index (χ1n) is 8.78. The second-order valence-electron chi connectivity index (χ2n) is 6.58. The third kappa shape index (κ3) is 3.60. The van der Waals surface area contributed by atoms with Gasteiger partial charge >= 0.3 is 0 Å². The van der Waals surface area contributed by atoms with Crippen LogP contribution in [0.2, 0.25) is 0 Å². The SMILES string of the molecule is O=C(c1ccco1)N1CC[C@@H]2O[C@@H](COCc3cccnc3)CC[C@@H]21. The summed E-state index contributed by atoms with van der Waals surface area (Å²) < 4.78 is 17.2. The molecule has 4 rings (SSSR count). The van der Waals surface area contributed by atoms with Gasteiger partial charge in [0.15, 0.2) is 5.76 Å². The van der Waals surface area contributed by atoms with Crippen LogP contribution in [0.3, 0.4) is 0 Å². The van der Waals surface area contributed by atoms with Gasteiger partial charge in [-0.25, -0.2) is 0 Å². The summed E-state index contributed by atoms with van der Waals surface area (Å²) in [5, 5.41) is 0. The Labute approximate surface area is 146 Å². The smallest absolute Gasteiger partial charge is 0.289 e. The molecule has 2 aromatic heterocycles. The Hall–Kier alpha value is -2.18. The van der Waals surface area contributed by atoms with Crippen LogP contribution in [-0.2, 0) is 16.1 Å². The number of furan rings is 1. The molecule has 2 aromatic rings. The lowest BCUT2D eigenvalue weighted by atomic mass is 9.99. The number of carbonyl (C=O) groups is 1. The van der Waals surface area contributed by atoms with Crippen LogP contribution < -0.4 is 0 Å². The van der Waals surface area contributed by atoms with Gasteiger partial charge in [0.25, 0.3) is 5.91 Å². The molecule has 0 bridgehead atoms. The zero-order chi connectivity index (χ0) is 17.1. The minimum absolute atomic E-state index is 0.0348. The first kappa shape index (κ1) is 16.3. The van der Waals surface area contributed by atoms with Gasteiger partial charge in [0.05, 0.1) is 37.7 Å². The fourth-order valence-electron chi connectivity index (χ4n) is 3.71. The van der Waals surface area contributed by atoms with Gasteiger partial charge in [-0.15, -0.1) is 0 Å². The summed E-state index contributed by atoms with van der Waals surface area (Å²) in [6, 6.07) is 7.51. The standard InChI is InChI=1S/C19H22N2O4/c22-19(18-4-2-10-24-18)21-9-7-17-16(21)6-5-15(25-17)13-23-12-14-3-1-8-20-11-14/h1-4,8,10-11,15-17H,5-7,9,12-13H2/t15-,16+,17+/m1/s1. The van der Waals surface area contributed by atoms with Crippen molar-refractivity contribution >= 4 is 5.91 Å². The fraction of sp³-hybridized carbons (Fsp3) is 0.474. The molecule has 0 N–H and O–H groups in total. The summed E-state index contributed by atoms with van der Waals surface area (Å²) in [4.78, 5) is 18.5. The highest BCUT2D eigenvalue weighted by Gasteiger charge is 2.42. The van der Waals surface area contributed by atoms with Crippen LogP contribution in [0.5, 0.6) is 0 Å². The third-order valence-electron chi connectivity index (χ3n) is 4.92. The van der Waals surface area contributed by atoms with E-state index in [0.717, 1.165) is 31.4 Å². The summed E-state index contributed by atoms with van der Waals surface area (Å²) in [5.74, 6) is 0.370. The van der Waals surface area contributed by atoms with E-state index in [1.807, 2.05) is 23.2 Å². The summed E-state index contributed by atoms with van der Waals surface area (Å²) >= 11 is 0. The van der Waals surface area contributed by atoms with Crippen LogP contribution >= 0.6 is 0 Å². The van der Waals surface area contributed by atoms with E-state index < -0.39 is 0 Å². The maximum Gasteiger partial charge on any atom is 0.289 e. The highest BCUT2D eigenvalue weighted by atomic mass is 16.5. The lowest BCUT2D eigenvalue weighted by Crippen LogP contribution is -2.45. The predicted molar refractivity (Wildman–Crippen MR) is 89.9 cm³/mol. The molecule has 0 radical (unpaired) electrons. The van der Waals surface area contributed by atoms with Gasteiger partial charge in [-0.3, -0.25) is 9.78 Å². The average Bonchev–Trinajstić information content (AvgIpc) is 3.32. The summed E-state index contributed by atoms with van der Waals surface area (Å²) in [7, 11) is 0. The van der Waals surface area contributed by atoms with E-state index in [2.05, 4.69) is 4.98 Å². The van der Waals surface area contributed by atoms with E-state index in [1.165, 1.54) is 6.26 Å². The van der Waals surface area contributed by atoms with Crippen molar-refractivity contribution in [2.24, 2.45) is 0 Å². The molecule has 2 aliphatic rings. The van der Waals surface area contributed by atoms with E-state index in [9.17, 15) is 4.79 Å². The zero-order valence-electron chi connectivity index (χ0n) is 14.0. The molecule has 2 saturated heterocycles. The summed E-state index contributed by atoms with van der Waals surface area (Å²) in [5.41, 5.74) is 1.06. The van der Waals surface area contributed by atoms with Crippen molar-refractivity contribution in [2.75, 3.05) is 13.2 Å². The minimum atomic E-state index is -0.0348. The molecule has 132 valence electrons. The fourth-order valence-corrected chi connectivity index (χ4v) is 3.71. The molecule has 1 amide bonds. The molecule has 2 aliphatic heterocycles. The molecule has 0 spiro atoms. The molecular formula is C19H22N2O4. The lowest BCUT2D eigenvalue weighted by Gasteiger charge is -2.35. The number of pyridine rings is 1. The van der Waals surface area contributed by atoms with Crippen LogP contribution in [0.1, 0.15) is 35.4 Å². The number of carbonyl (C=O) groups excluding carboxylic acids is 1. The normalized spacial score (nSPS) is 25.8. The Morgan fingerprint density at radius 2 is 2.24 bits per heavy atom. The van der Waals surface area contributed by atoms with Crippen LogP contribution in [0.25, 0.3) is 0 Å². The summed E-state index contributed by atoms with van der Waals surface area (Å²) in [6.07, 6.45) is 8.01. The van der Waals surface area contributed by atoms with Gasteiger partial charge in [-0.05, 0) is 43.0 Å². The molecule has 2 fully saturated rings. The maximum atomic E-state index is 12.5. The van der Waals surface area contributed by atoms with E-state index in [1.54, 1.807) is 18.3 Å². The van der Waals surface area contributed by atoms with Gasteiger partial charge < -0.3 is 18.8 Å². The second kappa shape index (κ2) is 7.37. The van der Waals surface area contributed by atoms with Crippen molar-refractivity contribution in [3.05, 3.63) is 54.2 Å². The molecule has 0 aliphatic carbocycles. The van der Waals surface area contributed by atoms with Crippen molar-refractivity contribution in [1.29, 1.82) is 0 Å². The molecule has 4 heterocycles. The lowest BCUT2D eigenvalue weighted by molar-refractivity contribution is -0.0988. The quantitative estimate of drug-likeness (QED) is 0.836. The number of ether oxygens (including phenoxy) is 2. The van der Waals surface area contributed by atoms with Crippen LogP contribution in [-0.4, -0.2) is 47.2 Å². The number of amides is 1. The Balaban J connectivity index is 1.27. The monoisotopic (exact) mass is 342 g/mol. The number of fused-ring (bicyclic) bond motifs is 1. The first-order valence-corrected chi connectivity index (χ1v) is 8.78. The molecule has 6 heteroatoms. The summed E-state index contributed by atoms with van der Waals surface area (Å²) in [6.45, 7) is 1.84. The van der Waals surface area contributed by atoms with Crippen LogP contribution in [0.15, 0.2) is 47.3 Å². The van der Waals surface area contributed by atoms with Crippen LogP contribution in [0.4, 0.5) is 0 Å². The van der Waals surface area contributed by atoms with Crippen LogP contribution in [0, 0.1) is 0 Å². The molecule has 25 heavy (non-hydrogen) atoms. The molecule has 3 atom stereocenters. The van der Waals surface area contributed by atoms with Gasteiger partial charge in [0.1, 0.15) is 0 Å². The molecule has 0 aromatic carbocycles. The molecule has 0 unspecified atom stereocenters. The van der Waals surface area contributed by atoms with Gasteiger partial charge in [-0.1, -0.05) is 6.07 Å². The van der Waals surface area contributed by atoms with E-state index in [4.69, 9.17) is 13.9 Å². The first-order chi connectivity index (χ1) is 12.3. The molecule has 6 nitrogen and oxygen atoms in total. The topological polar surface area (TPSA) is 64.8 Å².